The van der Waals surface area contributed by atoms with E-state index < -0.39 is 6.10 Å². The van der Waals surface area contributed by atoms with Crippen LogP contribution in [-0.2, 0) is 6.10 Å². The van der Waals surface area contributed by atoms with Crippen LogP contribution >= 0.6 is 0 Å². The summed E-state index contributed by atoms with van der Waals surface area (Å²) in [4.78, 5) is 9.10. The molecule has 0 aliphatic carbocycles. The normalized spacial score (nSPS) is 13.8. The van der Waals surface area contributed by atoms with Crippen LogP contribution in [0.1, 0.15) is 0 Å². The lowest BCUT2D eigenvalue weighted by molar-refractivity contribution is -0.849. The van der Waals surface area contributed by atoms with Crippen LogP contribution in [0, 0.1) is 0 Å². The monoisotopic (exact) mass is 444 g/mol. The lowest BCUT2D eigenvalue weighted by atomic mass is 10.2. The molecule has 3 aromatic heterocycles. The van der Waals surface area contributed by atoms with Crippen molar-refractivity contribution in [3.05, 3.63) is 110 Å². The van der Waals surface area contributed by atoms with Crippen LogP contribution in [-0.4, -0.2) is 9.97 Å². The highest BCUT2D eigenvalue weighted by Gasteiger charge is 2.58. The fourth-order valence-corrected chi connectivity index (χ4v) is 4.49. The molecule has 4 heterocycles. The van der Waals surface area contributed by atoms with Crippen LogP contribution < -0.4 is 18.8 Å². The first kappa shape index (κ1) is 18.8. The number of hydrogen-bond acceptors (Lipinski definition) is 5. The Kier molecular flexibility index (Phi) is 3.96. The molecule has 0 bridgehead atoms. The third-order valence-corrected chi connectivity index (χ3v) is 5.99. The highest BCUT2D eigenvalue weighted by atomic mass is 16.9. The molecule has 0 amide bonds. The number of aromatic nitrogens is 3. The second kappa shape index (κ2) is 7.15. The van der Waals surface area contributed by atoms with Gasteiger partial charge >= 0.3 is 6.10 Å². The van der Waals surface area contributed by atoms with Crippen LogP contribution in [0.15, 0.2) is 110 Å². The Morgan fingerprint density at radius 1 is 0.618 bits per heavy atom. The van der Waals surface area contributed by atoms with E-state index in [4.69, 9.17) is 14.2 Å². The molecule has 1 aliphatic rings. The predicted octanol–water partition coefficient (Wildman–Crippen LogP) is 5.34. The number of hydrogen-bond donors (Lipinski definition) is 0. The summed E-state index contributed by atoms with van der Waals surface area (Å²) in [5.41, 5.74) is 2.32. The molecule has 162 valence electrons. The van der Waals surface area contributed by atoms with Crippen molar-refractivity contribution < 1.29 is 18.8 Å². The first-order valence-corrected chi connectivity index (χ1v) is 11.0. The van der Waals surface area contributed by atoms with Gasteiger partial charge in [0.1, 0.15) is 11.0 Å². The molecule has 0 saturated heterocycles. The molecule has 0 radical (unpaired) electrons. The van der Waals surface area contributed by atoms with Crippen LogP contribution in [0.2, 0.25) is 0 Å². The van der Waals surface area contributed by atoms with Crippen LogP contribution in [0.25, 0.3) is 32.7 Å². The predicted molar refractivity (Wildman–Crippen MR) is 127 cm³/mol. The van der Waals surface area contributed by atoms with Gasteiger partial charge in [0.25, 0.3) is 5.52 Å². The van der Waals surface area contributed by atoms with Gasteiger partial charge in [-0.15, -0.1) is 0 Å². The fourth-order valence-electron chi connectivity index (χ4n) is 4.49. The maximum Gasteiger partial charge on any atom is 0.670 e. The summed E-state index contributed by atoms with van der Waals surface area (Å²) in [5.74, 6) is 1.76. The maximum atomic E-state index is 6.63. The minimum atomic E-state index is -1.64. The Balaban J connectivity index is 1.46. The van der Waals surface area contributed by atoms with E-state index in [0.717, 1.165) is 32.7 Å². The zero-order valence-electron chi connectivity index (χ0n) is 18.0. The van der Waals surface area contributed by atoms with E-state index in [0.29, 0.717) is 17.2 Å². The average molecular weight is 444 g/mol. The van der Waals surface area contributed by atoms with E-state index >= 15 is 0 Å². The Morgan fingerprint density at radius 3 is 1.85 bits per heavy atom. The van der Waals surface area contributed by atoms with E-state index in [1.54, 1.807) is 12.4 Å². The summed E-state index contributed by atoms with van der Waals surface area (Å²) in [5, 5.41) is 2.93. The van der Waals surface area contributed by atoms with E-state index in [1.807, 2.05) is 102 Å². The van der Waals surface area contributed by atoms with Crippen molar-refractivity contribution in [2.24, 2.45) is 0 Å². The summed E-state index contributed by atoms with van der Waals surface area (Å²) in [7, 11) is 0. The van der Waals surface area contributed by atoms with Crippen LogP contribution in [0.3, 0.4) is 0 Å². The molecule has 0 unspecified atom stereocenters. The minimum Gasteiger partial charge on any atom is -0.361 e. The quantitative estimate of drug-likeness (QED) is 0.271. The Morgan fingerprint density at radius 2 is 1.18 bits per heavy atom. The molecule has 34 heavy (non-hydrogen) atoms. The molecule has 7 rings (SSSR count). The van der Waals surface area contributed by atoms with Gasteiger partial charge in [-0.25, -0.2) is 0 Å². The molecule has 1 aliphatic heterocycles. The Labute approximate surface area is 194 Å². The summed E-state index contributed by atoms with van der Waals surface area (Å²) >= 11 is 0. The van der Waals surface area contributed by atoms with Crippen molar-refractivity contribution in [3.63, 3.8) is 0 Å². The summed E-state index contributed by atoms with van der Waals surface area (Å²) < 4.78 is 21.6. The third-order valence-electron chi connectivity index (χ3n) is 5.99. The van der Waals surface area contributed by atoms with Gasteiger partial charge in [-0.3, -0.25) is 9.97 Å². The lowest BCUT2D eigenvalue weighted by Gasteiger charge is -2.24. The number of nitrogens with zero attached hydrogens (tertiary/aromatic N) is 3. The molecule has 0 atom stereocenters. The van der Waals surface area contributed by atoms with Gasteiger partial charge < -0.3 is 14.2 Å². The molecule has 0 spiro atoms. The number of fused-ring (bicyclic) bond motifs is 2. The van der Waals surface area contributed by atoms with E-state index in [-0.39, 0.29) is 0 Å². The zero-order chi connectivity index (χ0) is 22.5. The Hall–Kier alpha value is -4.71. The van der Waals surface area contributed by atoms with Crippen molar-refractivity contribution in [1.82, 2.24) is 9.97 Å². The number of para-hydroxylation sites is 3. The molecule has 6 heteroatoms. The third kappa shape index (κ3) is 2.79. The number of benzene rings is 3. The van der Waals surface area contributed by atoms with Gasteiger partial charge in [0.2, 0.25) is 5.75 Å². The van der Waals surface area contributed by atoms with Gasteiger partial charge in [-0.2, -0.15) is 0 Å². The SMILES string of the molecule is c1cnc2c(OC3(Oc4cccc5cccnc45)Oc4cccc5ccc[n+]3c45)cccc2c1. The molecular weight excluding hydrogens is 426 g/mol. The smallest absolute Gasteiger partial charge is 0.361 e. The number of ether oxygens (including phenoxy) is 3. The van der Waals surface area contributed by atoms with Gasteiger partial charge in [-0.05, 0) is 42.5 Å². The molecule has 6 aromatic rings. The lowest BCUT2D eigenvalue weighted by Crippen LogP contribution is -2.64. The maximum absolute atomic E-state index is 6.63. The first-order chi connectivity index (χ1) is 16.8. The van der Waals surface area contributed by atoms with Gasteiger partial charge in [0, 0.05) is 29.2 Å². The van der Waals surface area contributed by atoms with Crippen LogP contribution in [0.4, 0.5) is 0 Å². The van der Waals surface area contributed by atoms with Crippen molar-refractivity contribution in [2.45, 2.75) is 6.10 Å². The largest absolute Gasteiger partial charge is 0.670 e. The highest BCUT2D eigenvalue weighted by Crippen LogP contribution is 2.38. The number of rotatable bonds is 4. The molecule has 6 nitrogen and oxygen atoms in total. The second-order valence-electron chi connectivity index (χ2n) is 8.06. The molecule has 0 saturated carbocycles. The summed E-state index contributed by atoms with van der Waals surface area (Å²) in [6.07, 6.45) is 3.75. The topological polar surface area (TPSA) is 57.4 Å². The van der Waals surface area contributed by atoms with E-state index in [9.17, 15) is 0 Å². The standard InChI is InChI=1S/C28H18N3O3/c1-7-19-10-4-16-29-25(19)22(13-1)32-28(33-23-14-2-8-20-11-5-17-30-26(20)23)31-18-6-12-21-9-3-15-24(34-28)27(21)31/h1-18H/q+1. The summed E-state index contributed by atoms with van der Waals surface area (Å²) in [6, 6.07) is 29.3. The van der Waals surface area contributed by atoms with E-state index in [2.05, 4.69) is 9.97 Å². The van der Waals surface area contributed by atoms with Crippen molar-refractivity contribution in [2.75, 3.05) is 0 Å². The van der Waals surface area contributed by atoms with Gasteiger partial charge in [0.05, 0.1) is 5.39 Å². The van der Waals surface area contributed by atoms with Gasteiger partial charge in [0.15, 0.2) is 17.7 Å². The molecular formula is C28H18N3O3+. The van der Waals surface area contributed by atoms with Crippen LogP contribution in [0.5, 0.6) is 17.2 Å². The molecule has 0 fully saturated rings. The van der Waals surface area contributed by atoms with Crippen molar-refractivity contribution in [1.29, 1.82) is 0 Å². The minimum absolute atomic E-state index is 0.545. The Bertz CT molecular complexity index is 1620. The number of pyridine rings is 3. The first-order valence-electron chi connectivity index (χ1n) is 11.0. The highest BCUT2D eigenvalue weighted by molar-refractivity contribution is 5.85. The van der Waals surface area contributed by atoms with E-state index in [1.165, 1.54) is 0 Å². The van der Waals surface area contributed by atoms with Gasteiger partial charge in [-0.1, -0.05) is 47.0 Å². The zero-order valence-corrected chi connectivity index (χ0v) is 18.0. The van der Waals surface area contributed by atoms with Crippen molar-refractivity contribution in [3.8, 4) is 17.2 Å². The van der Waals surface area contributed by atoms with Crippen molar-refractivity contribution >= 4 is 32.7 Å². The molecule has 3 aromatic carbocycles. The average Bonchev–Trinajstić information content (AvgIpc) is 3.19. The second-order valence-corrected chi connectivity index (χ2v) is 8.06. The fraction of sp³-hybridized carbons (Fsp3) is 0.0357. The molecule has 0 N–H and O–H groups in total. The summed E-state index contributed by atoms with van der Waals surface area (Å²) in [6.45, 7) is 0.